The number of carbonyl (C=O) groups excluding carboxylic acids is 1. The lowest BCUT2D eigenvalue weighted by molar-refractivity contribution is -0.119. The molecule has 1 amide bonds. The highest BCUT2D eigenvalue weighted by atomic mass is 127. The van der Waals surface area contributed by atoms with Crippen LogP contribution in [0.3, 0.4) is 0 Å². The normalized spacial score (nSPS) is 10.9. The number of hydrogen-bond acceptors (Lipinski definition) is 4. The summed E-state index contributed by atoms with van der Waals surface area (Å²) in [5, 5.41) is 6.02. The molecular weight excluding hydrogens is 475 g/mol. The van der Waals surface area contributed by atoms with Gasteiger partial charge in [0.05, 0.1) is 12.8 Å². The smallest absolute Gasteiger partial charge is 0.242 e. The number of thioether (sulfide) groups is 1. The van der Waals surface area contributed by atoms with Crippen molar-refractivity contribution in [3.8, 4) is 0 Å². The predicted molar refractivity (Wildman–Crippen MR) is 122 cm³/mol. The second-order valence-corrected chi connectivity index (χ2v) is 6.61. The summed E-state index contributed by atoms with van der Waals surface area (Å²) in [6.45, 7) is 3.90. The van der Waals surface area contributed by atoms with Gasteiger partial charge < -0.3 is 20.0 Å². The van der Waals surface area contributed by atoms with Crippen LogP contribution in [-0.2, 0) is 17.9 Å². The lowest BCUT2D eigenvalue weighted by atomic mass is 10.2. The van der Waals surface area contributed by atoms with Gasteiger partial charge in [0.1, 0.15) is 12.3 Å². The third-order valence-electron chi connectivity index (χ3n) is 3.69. The van der Waals surface area contributed by atoms with Crippen molar-refractivity contribution in [2.75, 3.05) is 26.4 Å². The Morgan fingerprint density at radius 3 is 2.56 bits per heavy atom. The Labute approximate surface area is 182 Å². The molecule has 2 N–H and O–H groups in total. The predicted octanol–water partition coefficient (Wildman–Crippen LogP) is 3.33. The van der Waals surface area contributed by atoms with Crippen molar-refractivity contribution >= 4 is 47.6 Å². The van der Waals surface area contributed by atoms with Crippen LogP contribution in [0.1, 0.15) is 18.2 Å². The van der Waals surface area contributed by atoms with Crippen molar-refractivity contribution in [2.24, 2.45) is 4.99 Å². The lowest BCUT2D eigenvalue weighted by Crippen LogP contribution is -2.39. The minimum Gasteiger partial charge on any atom is -0.467 e. The third kappa shape index (κ3) is 8.25. The fourth-order valence-electron chi connectivity index (χ4n) is 2.35. The number of furan rings is 1. The van der Waals surface area contributed by atoms with E-state index < -0.39 is 0 Å². The fourth-order valence-corrected chi connectivity index (χ4v) is 2.76. The molecule has 0 aliphatic rings. The number of hydrogen-bond donors (Lipinski definition) is 2. The van der Waals surface area contributed by atoms with Gasteiger partial charge in [0, 0.05) is 25.0 Å². The van der Waals surface area contributed by atoms with Gasteiger partial charge in [-0.1, -0.05) is 12.1 Å². The molecule has 1 heterocycles. The van der Waals surface area contributed by atoms with Gasteiger partial charge in [0.15, 0.2) is 5.96 Å². The maximum Gasteiger partial charge on any atom is 0.242 e. The molecule has 1 aromatic carbocycles. The highest BCUT2D eigenvalue weighted by molar-refractivity contribution is 14.0. The van der Waals surface area contributed by atoms with Gasteiger partial charge in [-0.3, -0.25) is 4.79 Å². The average molecular weight is 502 g/mol. The van der Waals surface area contributed by atoms with E-state index in [1.807, 2.05) is 24.9 Å². The molecule has 0 unspecified atom stereocenters. The number of aliphatic imine (C=N–C) groups is 1. The van der Waals surface area contributed by atoms with Gasteiger partial charge in [-0.2, -0.15) is 0 Å². The van der Waals surface area contributed by atoms with Crippen molar-refractivity contribution < 1.29 is 9.21 Å². The summed E-state index contributed by atoms with van der Waals surface area (Å²) in [4.78, 5) is 19.7. The SMILES string of the molecule is CCNC(=NCC(=O)NCc1ccco1)N(C)Cc1ccc(SC)cc1.I. The summed E-state index contributed by atoms with van der Waals surface area (Å²) in [6.07, 6.45) is 3.65. The molecule has 1 aromatic heterocycles. The van der Waals surface area contributed by atoms with Crippen LogP contribution in [0.5, 0.6) is 0 Å². The first-order chi connectivity index (χ1) is 12.6. The first kappa shape index (κ1) is 23.4. The van der Waals surface area contributed by atoms with Crippen LogP contribution >= 0.6 is 35.7 Å². The molecule has 0 bridgehead atoms. The summed E-state index contributed by atoms with van der Waals surface area (Å²) < 4.78 is 5.20. The zero-order valence-corrected chi connectivity index (χ0v) is 19.0. The van der Waals surface area contributed by atoms with Crippen LogP contribution in [0.25, 0.3) is 0 Å². The van der Waals surface area contributed by atoms with E-state index in [1.54, 1.807) is 24.1 Å². The number of amides is 1. The Hall–Kier alpha value is -1.68. The van der Waals surface area contributed by atoms with Crippen LogP contribution in [0.2, 0.25) is 0 Å². The van der Waals surface area contributed by atoms with E-state index in [1.165, 1.54) is 10.5 Å². The molecular formula is C19H27IN4O2S. The lowest BCUT2D eigenvalue weighted by Gasteiger charge is -2.22. The molecule has 0 spiro atoms. The van der Waals surface area contributed by atoms with Crippen molar-refractivity contribution in [1.29, 1.82) is 0 Å². The van der Waals surface area contributed by atoms with Crippen LogP contribution in [0, 0.1) is 0 Å². The van der Waals surface area contributed by atoms with Crippen molar-refractivity contribution in [1.82, 2.24) is 15.5 Å². The Morgan fingerprint density at radius 2 is 1.96 bits per heavy atom. The number of halogens is 1. The average Bonchev–Trinajstić information content (AvgIpc) is 3.17. The van der Waals surface area contributed by atoms with E-state index in [9.17, 15) is 4.79 Å². The molecule has 0 saturated carbocycles. The topological polar surface area (TPSA) is 69.9 Å². The minimum atomic E-state index is -0.144. The van der Waals surface area contributed by atoms with E-state index in [0.29, 0.717) is 19.0 Å². The monoisotopic (exact) mass is 502 g/mol. The summed E-state index contributed by atoms with van der Waals surface area (Å²) in [5.41, 5.74) is 1.19. The molecule has 0 aliphatic carbocycles. The van der Waals surface area contributed by atoms with Gasteiger partial charge in [-0.05, 0) is 43.0 Å². The molecule has 2 aromatic rings. The first-order valence-electron chi connectivity index (χ1n) is 8.53. The molecule has 0 aliphatic heterocycles. The minimum absolute atomic E-state index is 0. The van der Waals surface area contributed by atoms with Crippen molar-refractivity contribution in [2.45, 2.75) is 24.9 Å². The van der Waals surface area contributed by atoms with Crippen LogP contribution in [0.15, 0.2) is 57.0 Å². The largest absolute Gasteiger partial charge is 0.467 e. The van der Waals surface area contributed by atoms with E-state index >= 15 is 0 Å². The number of guanidine groups is 1. The number of nitrogens with one attached hydrogen (secondary N) is 2. The molecule has 0 fully saturated rings. The first-order valence-corrected chi connectivity index (χ1v) is 9.76. The van der Waals surface area contributed by atoms with Crippen LogP contribution in [-0.4, -0.2) is 43.2 Å². The highest BCUT2D eigenvalue weighted by Gasteiger charge is 2.08. The second-order valence-electron chi connectivity index (χ2n) is 5.73. The number of nitrogens with zero attached hydrogens (tertiary/aromatic N) is 2. The van der Waals surface area contributed by atoms with Crippen molar-refractivity contribution in [3.63, 3.8) is 0 Å². The number of benzene rings is 1. The summed E-state index contributed by atoms with van der Waals surface area (Å²) in [6, 6.07) is 12.1. The summed E-state index contributed by atoms with van der Waals surface area (Å²) in [5.74, 6) is 1.28. The molecule has 8 heteroatoms. The van der Waals surface area contributed by atoms with E-state index in [2.05, 4.69) is 46.1 Å². The molecule has 2 rings (SSSR count). The molecule has 0 saturated heterocycles. The molecule has 6 nitrogen and oxygen atoms in total. The zero-order chi connectivity index (χ0) is 18.8. The summed E-state index contributed by atoms with van der Waals surface area (Å²) in [7, 11) is 1.96. The Morgan fingerprint density at radius 1 is 1.22 bits per heavy atom. The van der Waals surface area contributed by atoms with E-state index in [4.69, 9.17) is 4.42 Å². The third-order valence-corrected chi connectivity index (χ3v) is 4.43. The Balaban J connectivity index is 0.00000364. The standard InChI is InChI=1S/C19H26N4O2S.HI/c1-4-20-19(22-13-18(24)21-12-16-6-5-11-25-16)23(2)14-15-7-9-17(26-3)10-8-15;/h5-11H,4,12-14H2,1-3H3,(H,20,22)(H,21,24);1H. The maximum absolute atomic E-state index is 12.0. The summed E-state index contributed by atoms with van der Waals surface area (Å²) >= 11 is 1.72. The van der Waals surface area contributed by atoms with Gasteiger partial charge in [0.25, 0.3) is 0 Å². The molecule has 0 radical (unpaired) electrons. The molecule has 27 heavy (non-hydrogen) atoms. The Kier molecular flexibility index (Phi) is 11.0. The zero-order valence-electron chi connectivity index (χ0n) is 15.9. The van der Waals surface area contributed by atoms with E-state index in [0.717, 1.165) is 12.3 Å². The number of rotatable bonds is 8. The molecule has 0 atom stereocenters. The van der Waals surface area contributed by atoms with Gasteiger partial charge in [-0.15, -0.1) is 35.7 Å². The van der Waals surface area contributed by atoms with Crippen LogP contribution < -0.4 is 10.6 Å². The van der Waals surface area contributed by atoms with Gasteiger partial charge in [-0.25, -0.2) is 4.99 Å². The fraction of sp³-hybridized carbons (Fsp3) is 0.368. The van der Waals surface area contributed by atoms with Crippen LogP contribution in [0.4, 0.5) is 0 Å². The highest BCUT2D eigenvalue weighted by Crippen LogP contribution is 2.15. The number of carbonyl (C=O) groups is 1. The Bertz CT molecular complexity index is 705. The van der Waals surface area contributed by atoms with Crippen molar-refractivity contribution in [3.05, 3.63) is 54.0 Å². The molecule has 148 valence electrons. The van der Waals surface area contributed by atoms with E-state index in [-0.39, 0.29) is 36.4 Å². The van der Waals surface area contributed by atoms with Gasteiger partial charge in [0.2, 0.25) is 5.91 Å². The second kappa shape index (κ2) is 12.7. The van der Waals surface area contributed by atoms with Gasteiger partial charge >= 0.3 is 0 Å². The quantitative estimate of drug-likeness (QED) is 0.251. The maximum atomic E-state index is 12.0.